The Hall–Kier alpha value is -4.91. The minimum atomic E-state index is -4.79. The van der Waals surface area contributed by atoms with Gasteiger partial charge < -0.3 is 20.4 Å². The molecule has 3 aromatic carbocycles. The number of phenols is 1. The Kier molecular flexibility index (Phi) is 6.57. The van der Waals surface area contributed by atoms with Crippen LogP contribution >= 0.6 is 0 Å². The molecule has 0 spiro atoms. The van der Waals surface area contributed by atoms with E-state index in [1.54, 1.807) is 0 Å². The van der Waals surface area contributed by atoms with Crippen LogP contribution in [0.25, 0.3) is 16.5 Å². The topological polar surface area (TPSA) is 266 Å². The molecule has 0 aliphatic rings. The molecule has 0 unspecified atom stereocenters. The standard InChI is InChI=1S/C21H14N4O12S2/c26-16-8-10(39(35,36)37)7-12-11(16)2-1-3-15(12)25-19(27)17(18(24-25)21(30)31)23-22-14-5-4-9(38(32,33)34)6-13(14)20(28)29/h1-8,26-27H,(H,28,29)(H,30,31)(H,32,33,34)(H,35,36,37)/b23-22+. The quantitative estimate of drug-likeness (QED) is 0.136. The molecule has 39 heavy (non-hydrogen) atoms. The zero-order chi connectivity index (χ0) is 28.9. The number of benzene rings is 3. The Balaban J connectivity index is 1.92. The minimum Gasteiger partial charge on any atom is -0.507 e. The van der Waals surface area contributed by atoms with E-state index in [4.69, 9.17) is 4.55 Å². The molecule has 202 valence electrons. The molecular formula is C21H14N4O12S2. The van der Waals surface area contributed by atoms with Gasteiger partial charge in [-0.3, -0.25) is 9.11 Å². The number of rotatable bonds is 7. The van der Waals surface area contributed by atoms with Crippen molar-refractivity contribution in [3.63, 3.8) is 0 Å². The summed E-state index contributed by atoms with van der Waals surface area (Å²) in [7, 11) is -9.55. The number of carboxylic acid groups (broad SMARTS) is 2. The van der Waals surface area contributed by atoms with Gasteiger partial charge in [0, 0.05) is 16.8 Å². The van der Waals surface area contributed by atoms with E-state index < -0.39 is 76.2 Å². The lowest BCUT2D eigenvalue weighted by molar-refractivity contribution is 0.0682. The van der Waals surface area contributed by atoms with Crippen molar-refractivity contribution in [1.29, 1.82) is 0 Å². The van der Waals surface area contributed by atoms with Crippen LogP contribution in [0.2, 0.25) is 0 Å². The van der Waals surface area contributed by atoms with Crippen molar-refractivity contribution in [3.8, 4) is 17.3 Å². The van der Waals surface area contributed by atoms with Gasteiger partial charge in [-0.25, -0.2) is 9.59 Å². The summed E-state index contributed by atoms with van der Waals surface area (Å²) in [5.74, 6) is -4.90. The molecule has 4 aromatic rings. The number of phenolic OH excluding ortho intramolecular Hbond substituents is 1. The van der Waals surface area contributed by atoms with Crippen LogP contribution in [0.15, 0.2) is 68.6 Å². The summed E-state index contributed by atoms with van der Waals surface area (Å²) in [6.45, 7) is 0. The largest absolute Gasteiger partial charge is 0.507 e. The van der Waals surface area contributed by atoms with Gasteiger partial charge in [-0.15, -0.1) is 10.2 Å². The van der Waals surface area contributed by atoms with Gasteiger partial charge in [-0.2, -0.15) is 26.6 Å². The summed E-state index contributed by atoms with van der Waals surface area (Å²) < 4.78 is 65.1. The predicted octanol–water partition coefficient (Wildman–Crippen LogP) is 2.74. The van der Waals surface area contributed by atoms with Crippen molar-refractivity contribution in [1.82, 2.24) is 9.78 Å². The first-order chi connectivity index (χ1) is 18.1. The summed E-state index contributed by atoms with van der Waals surface area (Å²) >= 11 is 0. The highest BCUT2D eigenvalue weighted by Crippen LogP contribution is 2.38. The van der Waals surface area contributed by atoms with Crippen LogP contribution in [0.3, 0.4) is 0 Å². The monoisotopic (exact) mass is 578 g/mol. The van der Waals surface area contributed by atoms with Crippen molar-refractivity contribution >= 4 is 54.3 Å². The van der Waals surface area contributed by atoms with Gasteiger partial charge in [0.05, 0.1) is 21.0 Å². The molecule has 0 radical (unpaired) electrons. The maximum atomic E-state index is 11.8. The Morgan fingerprint density at radius 1 is 0.795 bits per heavy atom. The van der Waals surface area contributed by atoms with Gasteiger partial charge in [-0.1, -0.05) is 12.1 Å². The van der Waals surface area contributed by atoms with Crippen LogP contribution in [-0.2, 0) is 20.2 Å². The fourth-order valence-electron chi connectivity index (χ4n) is 3.50. The van der Waals surface area contributed by atoms with Crippen molar-refractivity contribution in [3.05, 3.63) is 59.8 Å². The van der Waals surface area contributed by atoms with Crippen molar-refractivity contribution in [2.75, 3.05) is 0 Å². The molecule has 0 bridgehead atoms. The Morgan fingerprint density at radius 3 is 2.05 bits per heavy atom. The molecule has 1 heterocycles. The average molecular weight is 578 g/mol. The van der Waals surface area contributed by atoms with Crippen LogP contribution < -0.4 is 0 Å². The third-order valence-electron chi connectivity index (χ3n) is 5.24. The fraction of sp³-hybridized carbons (Fsp3) is 0. The highest BCUT2D eigenvalue weighted by molar-refractivity contribution is 7.86. The number of hydrogen-bond donors (Lipinski definition) is 6. The van der Waals surface area contributed by atoms with Gasteiger partial charge in [0.1, 0.15) is 11.4 Å². The summed E-state index contributed by atoms with van der Waals surface area (Å²) in [5, 5.41) is 50.9. The first-order valence-electron chi connectivity index (χ1n) is 10.1. The zero-order valence-corrected chi connectivity index (χ0v) is 20.5. The molecule has 0 saturated carbocycles. The Bertz CT molecular complexity index is 1950. The van der Waals surface area contributed by atoms with E-state index in [0.29, 0.717) is 10.7 Å². The van der Waals surface area contributed by atoms with E-state index in [2.05, 4.69) is 15.3 Å². The molecule has 16 nitrogen and oxygen atoms in total. The van der Waals surface area contributed by atoms with Crippen LogP contribution in [0.1, 0.15) is 20.8 Å². The number of nitrogens with zero attached hydrogens (tertiary/aromatic N) is 4. The highest BCUT2D eigenvalue weighted by atomic mass is 32.2. The highest BCUT2D eigenvalue weighted by Gasteiger charge is 2.26. The number of fused-ring (bicyclic) bond motifs is 1. The fourth-order valence-corrected chi connectivity index (χ4v) is 4.54. The molecule has 0 fully saturated rings. The molecule has 0 aliphatic carbocycles. The third-order valence-corrected chi connectivity index (χ3v) is 6.93. The van der Waals surface area contributed by atoms with Crippen LogP contribution in [0, 0.1) is 0 Å². The molecule has 1 aromatic heterocycles. The average Bonchev–Trinajstić information content (AvgIpc) is 3.17. The van der Waals surface area contributed by atoms with Crippen LogP contribution in [-0.4, -0.2) is 68.1 Å². The molecule has 0 saturated heterocycles. The van der Waals surface area contributed by atoms with Crippen LogP contribution in [0.5, 0.6) is 11.6 Å². The summed E-state index contributed by atoms with van der Waals surface area (Å²) in [6, 6.07) is 7.98. The number of aromatic hydroxyl groups is 2. The first kappa shape index (κ1) is 27.1. The molecular weight excluding hydrogens is 564 g/mol. The Morgan fingerprint density at radius 2 is 1.46 bits per heavy atom. The lowest BCUT2D eigenvalue weighted by atomic mass is 10.1. The number of carboxylic acids is 2. The lowest BCUT2D eigenvalue weighted by Crippen LogP contribution is -2.03. The molecule has 18 heteroatoms. The number of carbonyl (C=O) groups is 2. The van der Waals surface area contributed by atoms with Gasteiger partial charge >= 0.3 is 11.9 Å². The SMILES string of the molecule is O=C(O)c1cc(S(=O)(=O)O)ccc1/N=N/c1c(C(=O)O)nn(-c2cccc3c(O)cc(S(=O)(=O)O)cc23)c1O. The van der Waals surface area contributed by atoms with Gasteiger partial charge in [0.15, 0.2) is 5.69 Å². The number of hydrogen-bond acceptors (Lipinski definition) is 11. The smallest absolute Gasteiger partial charge is 0.358 e. The van der Waals surface area contributed by atoms with Crippen LogP contribution in [0.4, 0.5) is 11.4 Å². The second-order valence-corrected chi connectivity index (χ2v) is 10.5. The number of aromatic carboxylic acids is 2. The van der Waals surface area contributed by atoms with E-state index in [0.717, 1.165) is 24.3 Å². The predicted molar refractivity (Wildman–Crippen MR) is 129 cm³/mol. The summed E-state index contributed by atoms with van der Waals surface area (Å²) in [4.78, 5) is 21.9. The molecule has 4 rings (SSSR count). The van der Waals surface area contributed by atoms with Crippen molar-refractivity contribution in [2.24, 2.45) is 10.2 Å². The zero-order valence-electron chi connectivity index (χ0n) is 18.9. The molecule has 6 N–H and O–H groups in total. The maximum absolute atomic E-state index is 11.8. The first-order valence-corrected chi connectivity index (χ1v) is 13.0. The number of aromatic nitrogens is 2. The molecule has 0 atom stereocenters. The second-order valence-electron chi connectivity index (χ2n) is 7.69. The summed E-state index contributed by atoms with van der Waals surface area (Å²) in [6.07, 6.45) is 0. The van der Waals surface area contributed by atoms with E-state index >= 15 is 0 Å². The normalized spacial score (nSPS) is 12.3. The lowest BCUT2D eigenvalue weighted by Gasteiger charge is -2.10. The third kappa shape index (κ3) is 5.11. The Labute approximate surface area is 217 Å². The summed E-state index contributed by atoms with van der Waals surface area (Å²) in [5.41, 5.74) is -3.02. The minimum absolute atomic E-state index is 0.0416. The van der Waals surface area contributed by atoms with Gasteiger partial charge in [0.2, 0.25) is 11.6 Å². The molecule has 0 amide bonds. The maximum Gasteiger partial charge on any atom is 0.358 e. The van der Waals surface area contributed by atoms with Gasteiger partial charge in [0.25, 0.3) is 20.2 Å². The van der Waals surface area contributed by atoms with Crippen molar-refractivity contribution < 1.29 is 56.0 Å². The van der Waals surface area contributed by atoms with Crippen molar-refractivity contribution in [2.45, 2.75) is 9.79 Å². The van der Waals surface area contributed by atoms with E-state index in [1.165, 1.54) is 18.2 Å². The molecule has 0 aliphatic heterocycles. The van der Waals surface area contributed by atoms with E-state index in [9.17, 15) is 51.4 Å². The second kappa shape index (κ2) is 9.44. The van der Waals surface area contributed by atoms with E-state index in [-0.39, 0.29) is 16.5 Å². The number of azo groups is 1. The van der Waals surface area contributed by atoms with E-state index in [1.807, 2.05) is 0 Å². The van der Waals surface area contributed by atoms with Gasteiger partial charge in [-0.05, 0) is 30.3 Å².